The Bertz CT molecular complexity index is 1400. The lowest BCUT2D eigenvalue weighted by Crippen LogP contribution is -2.32. The quantitative estimate of drug-likeness (QED) is 0.466. The van der Waals surface area contributed by atoms with Crippen molar-refractivity contribution in [2.45, 2.75) is 19.9 Å². The molecule has 5 rings (SSSR count). The fourth-order valence-corrected chi connectivity index (χ4v) is 4.71. The number of carbonyl (C=O) groups is 2. The number of nitrogens with one attached hydrogen (secondary N) is 1. The van der Waals surface area contributed by atoms with Gasteiger partial charge < -0.3 is 14.6 Å². The van der Waals surface area contributed by atoms with E-state index in [1.54, 1.807) is 24.5 Å². The van der Waals surface area contributed by atoms with Gasteiger partial charge in [-0.15, -0.1) is 0 Å². The molecule has 0 saturated carbocycles. The van der Waals surface area contributed by atoms with E-state index in [0.29, 0.717) is 30.6 Å². The van der Waals surface area contributed by atoms with Crippen LogP contribution in [0.4, 0.5) is 0 Å². The van der Waals surface area contributed by atoms with Gasteiger partial charge in [0, 0.05) is 49.2 Å². The van der Waals surface area contributed by atoms with Crippen LogP contribution in [0.2, 0.25) is 0 Å². The summed E-state index contributed by atoms with van der Waals surface area (Å²) in [4.78, 5) is 29.7. The van der Waals surface area contributed by atoms with Crippen molar-refractivity contribution >= 4 is 11.9 Å². The molecular weight excluding hydrogens is 430 g/mol. The molecule has 0 fully saturated rings. The Hall–Kier alpha value is -4.20. The fourth-order valence-electron chi connectivity index (χ4n) is 4.71. The Balaban J connectivity index is 1.82. The van der Waals surface area contributed by atoms with Crippen molar-refractivity contribution in [2.24, 2.45) is 7.05 Å². The van der Waals surface area contributed by atoms with Gasteiger partial charge >= 0.3 is 5.97 Å². The molecule has 8 heteroatoms. The van der Waals surface area contributed by atoms with Crippen molar-refractivity contribution in [3.63, 3.8) is 0 Å². The van der Waals surface area contributed by atoms with Crippen molar-refractivity contribution in [2.75, 3.05) is 13.7 Å². The third kappa shape index (κ3) is 3.67. The van der Waals surface area contributed by atoms with E-state index < -0.39 is 5.97 Å². The van der Waals surface area contributed by atoms with Crippen LogP contribution in [0.15, 0.2) is 54.9 Å². The molecule has 0 aliphatic carbocycles. The maximum absolute atomic E-state index is 13.2. The van der Waals surface area contributed by atoms with Crippen LogP contribution >= 0.6 is 0 Å². The molecule has 34 heavy (non-hydrogen) atoms. The fraction of sp³-hybridized carbons (Fsp3) is 0.231. The van der Waals surface area contributed by atoms with E-state index in [1.165, 1.54) is 7.11 Å². The van der Waals surface area contributed by atoms with Gasteiger partial charge in [-0.3, -0.25) is 14.5 Å². The molecule has 0 saturated heterocycles. The molecule has 0 bridgehead atoms. The number of hydrogen-bond acceptors (Lipinski definition) is 5. The van der Waals surface area contributed by atoms with Gasteiger partial charge in [0.2, 0.25) is 0 Å². The summed E-state index contributed by atoms with van der Waals surface area (Å²) in [6, 6.07) is 13.2. The third-order valence-corrected chi connectivity index (χ3v) is 6.19. The number of ether oxygens (including phenoxy) is 1. The highest BCUT2D eigenvalue weighted by Gasteiger charge is 2.31. The number of carbonyl (C=O) groups excluding carboxylic acids is 2. The monoisotopic (exact) mass is 455 g/mol. The van der Waals surface area contributed by atoms with E-state index in [0.717, 1.165) is 39.5 Å². The zero-order valence-electron chi connectivity index (χ0n) is 19.3. The van der Waals surface area contributed by atoms with Crippen LogP contribution in [0.5, 0.6) is 0 Å². The smallest absolute Gasteiger partial charge is 0.337 e. The molecule has 1 aliphatic heterocycles. The molecule has 172 valence electrons. The number of amides is 1. The molecule has 1 N–H and O–H groups in total. The number of fused-ring (bicyclic) bond motifs is 1. The molecule has 1 amide bonds. The highest BCUT2D eigenvalue weighted by molar-refractivity contribution is 6.07. The van der Waals surface area contributed by atoms with Crippen molar-refractivity contribution in [3.05, 3.63) is 83.1 Å². The molecule has 4 aromatic rings. The van der Waals surface area contributed by atoms with Crippen molar-refractivity contribution in [3.8, 4) is 22.4 Å². The molecule has 4 heterocycles. The first kappa shape index (κ1) is 21.6. The zero-order valence-corrected chi connectivity index (χ0v) is 19.3. The lowest BCUT2D eigenvalue weighted by molar-refractivity contribution is 0.0600. The summed E-state index contributed by atoms with van der Waals surface area (Å²) >= 11 is 0. The summed E-state index contributed by atoms with van der Waals surface area (Å²) in [6.45, 7) is 3.09. The summed E-state index contributed by atoms with van der Waals surface area (Å²) in [5, 5.41) is 7.50. The molecule has 8 nitrogen and oxygen atoms in total. The largest absolute Gasteiger partial charge is 0.465 e. The highest BCUT2D eigenvalue weighted by Crippen LogP contribution is 2.41. The number of methoxy groups -OCH3 is 1. The van der Waals surface area contributed by atoms with E-state index in [9.17, 15) is 9.59 Å². The number of esters is 1. The van der Waals surface area contributed by atoms with E-state index in [1.807, 2.05) is 42.9 Å². The van der Waals surface area contributed by atoms with E-state index >= 15 is 0 Å². The van der Waals surface area contributed by atoms with Gasteiger partial charge in [0.1, 0.15) is 0 Å². The van der Waals surface area contributed by atoms with Crippen LogP contribution in [0.1, 0.15) is 37.8 Å². The zero-order chi connectivity index (χ0) is 23.8. The molecular formula is C26H25N5O3. The minimum atomic E-state index is -0.421. The van der Waals surface area contributed by atoms with Gasteiger partial charge in [0.15, 0.2) is 0 Å². The van der Waals surface area contributed by atoms with Gasteiger partial charge in [-0.1, -0.05) is 12.1 Å². The SMILES string of the molecule is COC(=O)c1cccc(-c2c3c(n(Cc4cc(C)nn4C)c2-c2ccncc2)CCNC3=O)c1. The van der Waals surface area contributed by atoms with Gasteiger partial charge in [-0.25, -0.2) is 4.79 Å². The molecule has 3 aromatic heterocycles. The third-order valence-electron chi connectivity index (χ3n) is 6.19. The predicted molar refractivity (Wildman–Crippen MR) is 128 cm³/mol. The molecule has 0 unspecified atom stereocenters. The maximum atomic E-state index is 13.2. The molecule has 0 spiro atoms. The Morgan fingerprint density at radius 2 is 1.91 bits per heavy atom. The normalized spacial score (nSPS) is 12.9. The summed E-state index contributed by atoms with van der Waals surface area (Å²) in [5.41, 5.74) is 7.43. The van der Waals surface area contributed by atoms with Crippen LogP contribution in [0, 0.1) is 6.92 Å². The van der Waals surface area contributed by atoms with Crippen LogP contribution in [0.25, 0.3) is 22.4 Å². The molecule has 0 atom stereocenters. The first-order valence-corrected chi connectivity index (χ1v) is 11.1. The maximum Gasteiger partial charge on any atom is 0.337 e. The Morgan fingerprint density at radius 3 is 2.62 bits per heavy atom. The van der Waals surface area contributed by atoms with Gasteiger partial charge in [-0.05, 0) is 42.8 Å². The Kier molecular flexibility index (Phi) is 5.49. The van der Waals surface area contributed by atoms with Crippen molar-refractivity contribution < 1.29 is 14.3 Å². The number of nitrogens with zero attached hydrogens (tertiary/aromatic N) is 4. The van der Waals surface area contributed by atoms with E-state index in [2.05, 4.69) is 26.0 Å². The van der Waals surface area contributed by atoms with Crippen LogP contribution in [-0.2, 0) is 24.8 Å². The predicted octanol–water partition coefficient (Wildman–Crippen LogP) is 3.38. The summed E-state index contributed by atoms with van der Waals surface area (Å²) in [7, 11) is 3.29. The van der Waals surface area contributed by atoms with Gasteiger partial charge in [0.25, 0.3) is 5.91 Å². The van der Waals surface area contributed by atoms with E-state index in [-0.39, 0.29) is 5.91 Å². The molecule has 0 radical (unpaired) electrons. The average molecular weight is 456 g/mol. The average Bonchev–Trinajstić information content (AvgIpc) is 3.36. The first-order valence-electron chi connectivity index (χ1n) is 11.1. The van der Waals surface area contributed by atoms with Crippen LogP contribution in [0.3, 0.4) is 0 Å². The van der Waals surface area contributed by atoms with Gasteiger partial charge in [0.05, 0.1) is 41.9 Å². The lowest BCUT2D eigenvalue weighted by atomic mass is 9.94. The lowest BCUT2D eigenvalue weighted by Gasteiger charge is -2.17. The van der Waals surface area contributed by atoms with Crippen molar-refractivity contribution in [1.82, 2.24) is 24.6 Å². The number of pyridine rings is 1. The minimum absolute atomic E-state index is 0.116. The molecule has 1 aromatic carbocycles. The Morgan fingerprint density at radius 1 is 1.12 bits per heavy atom. The van der Waals surface area contributed by atoms with Gasteiger partial charge in [-0.2, -0.15) is 5.10 Å². The minimum Gasteiger partial charge on any atom is -0.465 e. The summed E-state index contributed by atoms with van der Waals surface area (Å²) in [5.74, 6) is -0.537. The second-order valence-electron chi connectivity index (χ2n) is 8.35. The second-order valence-corrected chi connectivity index (χ2v) is 8.35. The number of aryl methyl sites for hydroxylation is 2. The number of hydrogen-bond donors (Lipinski definition) is 1. The topological polar surface area (TPSA) is 91.0 Å². The number of aromatic nitrogens is 4. The standard InChI is InChI=1S/C26H25N5O3/c1-16-13-20(30(2)29-16)15-31-21-9-12-28-25(32)23(21)22(24(31)17-7-10-27-11-8-17)18-5-4-6-19(14-18)26(33)34-3/h4-8,10-11,13-14H,9,12,15H2,1-3H3,(H,28,32). The van der Waals surface area contributed by atoms with Crippen LogP contribution < -0.4 is 5.32 Å². The summed E-state index contributed by atoms with van der Waals surface area (Å²) < 4.78 is 9.02. The highest BCUT2D eigenvalue weighted by atomic mass is 16.5. The first-order chi connectivity index (χ1) is 16.5. The Labute approximate surface area is 197 Å². The van der Waals surface area contributed by atoms with Crippen LogP contribution in [-0.4, -0.2) is 44.9 Å². The van der Waals surface area contributed by atoms with Crippen molar-refractivity contribution in [1.29, 1.82) is 0 Å². The summed E-state index contributed by atoms with van der Waals surface area (Å²) in [6.07, 6.45) is 4.19. The number of rotatable bonds is 5. The second kappa shape index (κ2) is 8.62. The van der Waals surface area contributed by atoms with E-state index in [4.69, 9.17) is 4.74 Å². The molecule has 1 aliphatic rings. The number of benzene rings is 1.